The molecule has 0 saturated heterocycles. The normalized spacial score (nSPS) is 11.5. The Balaban J connectivity index is 2.26. The van der Waals surface area contributed by atoms with Gasteiger partial charge in [-0.05, 0) is 35.7 Å². The maximum Gasteiger partial charge on any atom is 0.241 e. The first-order chi connectivity index (χ1) is 10.1. The average molecular weight is 306 g/mol. The maximum atomic E-state index is 12.5. The van der Waals surface area contributed by atoms with Crippen molar-refractivity contribution in [3.8, 4) is 0 Å². The van der Waals surface area contributed by atoms with Crippen LogP contribution in [0.2, 0.25) is 0 Å². The van der Waals surface area contributed by atoms with Gasteiger partial charge in [0.2, 0.25) is 10.0 Å². The smallest absolute Gasteiger partial charge is 0.241 e. The van der Waals surface area contributed by atoms with Crippen molar-refractivity contribution < 1.29 is 8.42 Å². The summed E-state index contributed by atoms with van der Waals surface area (Å²) in [5.41, 5.74) is 7.70. The molecule has 3 N–H and O–H groups in total. The molecule has 1 heterocycles. The molecule has 0 aliphatic rings. The molecule has 0 aliphatic heterocycles. The van der Waals surface area contributed by atoms with Crippen LogP contribution >= 0.6 is 0 Å². The maximum absolute atomic E-state index is 12.5. The van der Waals surface area contributed by atoms with E-state index in [4.69, 9.17) is 5.73 Å². The van der Waals surface area contributed by atoms with Gasteiger partial charge in [-0.25, -0.2) is 13.1 Å². The summed E-state index contributed by atoms with van der Waals surface area (Å²) in [6, 6.07) is 8.70. The van der Waals surface area contributed by atoms with Crippen molar-refractivity contribution in [3.05, 3.63) is 53.3 Å². The fourth-order valence-corrected chi connectivity index (χ4v) is 3.30. The Hall–Kier alpha value is -1.83. The van der Waals surface area contributed by atoms with E-state index in [1.54, 1.807) is 24.3 Å². The molecule has 0 unspecified atom stereocenters. The van der Waals surface area contributed by atoms with Crippen molar-refractivity contribution in [2.45, 2.75) is 31.3 Å². The fraction of sp³-hybridized carbons (Fsp3) is 0.286. The number of sulfonamides is 1. The minimum atomic E-state index is -3.61. The lowest BCUT2D eigenvalue weighted by molar-refractivity contribution is 0.578. The van der Waals surface area contributed by atoms with Crippen LogP contribution in [0.15, 0.2) is 41.4 Å². The van der Waals surface area contributed by atoms with Gasteiger partial charge in [0, 0.05) is 12.7 Å². The number of hydrogen-bond donors (Lipinski definition) is 2. The molecule has 2 rings (SSSR count). The van der Waals surface area contributed by atoms with Crippen LogP contribution in [-0.4, -0.2) is 18.6 Å². The summed E-state index contributed by atoms with van der Waals surface area (Å²) < 4.78 is 27.5. The van der Waals surface area contributed by atoms with Crippen molar-refractivity contribution in [1.29, 1.82) is 0 Å². The van der Waals surface area contributed by atoms with Crippen molar-refractivity contribution in [3.63, 3.8) is 0 Å². The van der Waals surface area contributed by atoms with Gasteiger partial charge in [-0.1, -0.05) is 19.1 Å². The molecule has 0 atom stereocenters. The zero-order chi connectivity index (χ0) is 15.3. The van der Waals surface area contributed by atoms with Gasteiger partial charge in [-0.15, -0.1) is 0 Å². The first-order valence-electron chi connectivity index (χ1n) is 6.65. The lowest BCUT2D eigenvalue weighted by Gasteiger charge is -2.11. The van der Waals surface area contributed by atoms with Gasteiger partial charge in [-0.3, -0.25) is 0 Å². The van der Waals surface area contributed by atoms with E-state index in [0.717, 1.165) is 11.1 Å². The third kappa shape index (κ3) is 3.84. The summed E-state index contributed by atoms with van der Waals surface area (Å²) in [5.74, 6) is 0. The van der Waals surface area contributed by atoms with E-state index in [0.29, 0.717) is 18.7 Å². The van der Waals surface area contributed by atoms with Crippen LogP contribution < -0.4 is 10.5 Å². The lowest BCUT2D eigenvalue weighted by atomic mass is 10.1. The zero-order valence-electron chi connectivity index (χ0n) is 11.8. The largest absolute Gasteiger partial charge is 0.326 e. The minimum absolute atomic E-state index is 0.103. The van der Waals surface area contributed by atoms with E-state index in [1.165, 1.54) is 6.20 Å². The zero-order valence-corrected chi connectivity index (χ0v) is 12.6. The highest BCUT2D eigenvalue weighted by atomic mass is 32.2. The third-order valence-electron chi connectivity index (χ3n) is 3.11. The van der Waals surface area contributed by atoms with Crippen LogP contribution in [0.1, 0.15) is 23.7 Å². The number of hydrogen-bond acceptors (Lipinski definition) is 5. The van der Waals surface area contributed by atoms with Gasteiger partial charge in [0.15, 0.2) is 0 Å². The van der Waals surface area contributed by atoms with Gasteiger partial charge in [0.05, 0.1) is 17.1 Å². The number of rotatable bonds is 6. The van der Waals surface area contributed by atoms with Crippen molar-refractivity contribution >= 4 is 10.0 Å². The summed E-state index contributed by atoms with van der Waals surface area (Å²) in [5, 5.41) is 7.57. The van der Waals surface area contributed by atoms with Gasteiger partial charge < -0.3 is 5.73 Å². The topological polar surface area (TPSA) is 98.0 Å². The molecule has 0 amide bonds. The first-order valence-corrected chi connectivity index (χ1v) is 8.13. The number of nitrogens with zero attached hydrogens (tertiary/aromatic N) is 2. The van der Waals surface area contributed by atoms with Crippen molar-refractivity contribution in [1.82, 2.24) is 14.9 Å². The fourth-order valence-electron chi connectivity index (χ4n) is 1.94. The monoisotopic (exact) mass is 306 g/mol. The number of nitrogens with one attached hydrogen (secondary N) is 1. The van der Waals surface area contributed by atoms with Crippen LogP contribution in [0, 0.1) is 0 Å². The SMILES string of the molecule is CCc1ccc(CN)cc1S(=O)(=O)NCc1cccnn1. The van der Waals surface area contributed by atoms with Crippen molar-refractivity contribution in [2.24, 2.45) is 5.73 Å². The summed E-state index contributed by atoms with van der Waals surface area (Å²) in [7, 11) is -3.61. The highest BCUT2D eigenvalue weighted by Crippen LogP contribution is 2.18. The van der Waals surface area contributed by atoms with E-state index < -0.39 is 10.0 Å². The Kier molecular flexibility index (Phi) is 5.00. The van der Waals surface area contributed by atoms with Crippen molar-refractivity contribution in [2.75, 3.05) is 0 Å². The second kappa shape index (κ2) is 6.75. The Morgan fingerprint density at radius 1 is 1.29 bits per heavy atom. The molecule has 0 bridgehead atoms. The average Bonchev–Trinajstić information content (AvgIpc) is 2.53. The minimum Gasteiger partial charge on any atom is -0.326 e. The molecule has 1 aromatic carbocycles. The molecule has 2 aromatic rings. The number of aromatic nitrogens is 2. The summed E-state index contributed by atoms with van der Waals surface area (Å²) in [6.45, 7) is 2.32. The second-order valence-electron chi connectivity index (χ2n) is 4.54. The van der Waals surface area contributed by atoms with E-state index in [-0.39, 0.29) is 11.4 Å². The standard InChI is InChI=1S/C14H18N4O2S/c1-2-12-6-5-11(9-15)8-14(12)21(19,20)17-10-13-4-3-7-16-18-13/h3-8,17H,2,9-10,15H2,1H3. The Labute approximate surface area is 124 Å². The molecule has 112 valence electrons. The molecule has 7 heteroatoms. The Morgan fingerprint density at radius 2 is 2.10 bits per heavy atom. The van der Waals surface area contributed by atoms with Crippen LogP contribution in [0.4, 0.5) is 0 Å². The van der Waals surface area contributed by atoms with Crippen LogP contribution in [-0.2, 0) is 29.5 Å². The molecule has 21 heavy (non-hydrogen) atoms. The quantitative estimate of drug-likeness (QED) is 0.829. The van der Waals surface area contributed by atoms with Gasteiger partial charge >= 0.3 is 0 Å². The molecular weight excluding hydrogens is 288 g/mol. The van der Waals surface area contributed by atoms with E-state index in [2.05, 4.69) is 14.9 Å². The van der Waals surface area contributed by atoms with Gasteiger partial charge in [0.25, 0.3) is 0 Å². The molecule has 6 nitrogen and oxygen atoms in total. The van der Waals surface area contributed by atoms with E-state index in [1.807, 2.05) is 13.0 Å². The van der Waals surface area contributed by atoms with Gasteiger partial charge in [-0.2, -0.15) is 10.2 Å². The van der Waals surface area contributed by atoms with Crippen LogP contribution in [0.5, 0.6) is 0 Å². The Morgan fingerprint density at radius 3 is 2.71 bits per heavy atom. The Bertz CT molecular complexity index is 702. The summed E-state index contributed by atoms with van der Waals surface area (Å²) >= 11 is 0. The van der Waals surface area contributed by atoms with E-state index in [9.17, 15) is 8.42 Å². The molecule has 0 radical (unpaired) electrons. The molecule has 0 fully saturated rings. The second-order valence-corrected chi connectivity index (χ2v) is 6.27. The van der Waals surface area contributed by atoms with Gasteiger partial charge in [0.1, 0.15) is 0 Å². The molecule has 0 spiro atoms. The molecular formula is C14H18N4O2S. The third-order valence-corrected chi connectivity index (χ3v) is 4.59. The van der Waals surface area contributed by atoms with Crippen LogP contribution in [0.25, 0.3) is 0 Å². The molecule has 0 saturated carbocycles. The molecule has 1 aromatic heterocycles. The number of aryl methyl sites for hydroxylation is 1. The first kappa shape index (κ1) is 15.6. The predicted octanol–water partition coefficient (Wildman–Crippen LogP) is 0.976. The molecule has 0 aliphatic carbocycles. The number of nitrogens with two attached hydrogens (primary N) is 1. The highest BCUT2D eigenvalue weighted by Gasteiger charge is 2.18. The summed E-state index contributed by atoms with van der Waals surface area (Å²) in [4.78, 5) is 0.275. The lowest BCUT2D eigenvalue weighted by Crippen LogP contribution is -2.25. The highest BCUT2D eigenvalue weighted by molar-refractivity contribution is 7.89. The van der Waals surface area contributed by atoms with Crippen LogP contribution in [0.3, 0.4) is 0 Å². The van der Waals surface area contributed by atoms with E-state index >= 15 is 0 Å². The summed E-state index contributed by atoms with van der Waals surface area (Å²) in [6.07, 6.45) is 2.17. The predicted molar refractivity (Wildman–Crippen MR) is 79.8 cm³/mol. The number of benzene rings is 1.